The van der Waals surface area contributed by atoms with Crippen LogP contribution < -0.4 is 0 Å². The highest BCUT2D eigenvalue weighted by atomic mass is 32.2. The summed E-state index contributed by atoms with van der Waals surface area (Å²) < 4.78 is 29.9. The number of thioether (sulfide) groups is 1. The maximum absolute atomic E-state index is 13.3. The van der Waals surface area contributed by atoms with Crippen LogP contribution in [0.2, 0.25) is 0 Å². The van der Waals surface area contributed by atoms with Gasteiger partial charge < -0.3 is 4.90 Å². The van der Waals surface area contributed by atoms with Crippen molar-refractivity contribution in [3.63, 3.8) is 0 Å². The predicted molar refractivity (Wildman–Crippen MR) is 155 cm³/mol. The van der Waals surface area contributed by atoms with Gasteiger partial charge in [0.15, 0.2) is 5.17 Å². The molecule has 2 fully saturated rings. The second kappa shape index (κ2) is 10.7. The quantitative estimate of drug-likeness (QED) is 0.406. The number of likely N-dealkylation sites (tertiary alicyclic amines) is 1. The third kappa shape index (κ3) is 5.33. The zero-order valence-electron chi connectivity index (χ0n) is 21.9. The topological polar surface area (TPSA) is 87.9 Å². The predicted octanol–water partition coefficient (Wildman–Crippen LogP) is 5.03. The molecule has 1 unspecified atom stereocenters. The van der Waals surface area contributed by atoms with Gasteiger partial charge in [0.1, 0.15) is 5.69 Å². The average Bonchev–Trinajstić information content (AvgIpc) is 3.71. The second-order valence-corrected chi connectivity index (χ2v) is 13.3. The second-order valence-electron chi connectivity index (χ2n) is 10.4. The van der Waals surface area contributed by atoms with E-state index in [2.05, 4.69) is 16.8 Å². The zero-order chi connectivity index (χ0) is 27.0. The zero-order valence-corrected chi connectivity index (χ0v) is 23.5. The summed E-state index contributed by atoms with van der Waals surface area (Å²) in [7, 11) is -3.58. The third-order valence-electron chi connectivity index (χ3n) is 7.40. The van der Waals surface area contributed by atoms with Crippen LogP contribution in [0.4, 0.5) is 0 Å². The minimum Gasteiger partial charge on any atom is -0.351 e. The van der Waals surface area contributed by atoms with Crippen LogP contribution in [-0.4, -0.2) is 64.7 Å². The number of amides is 1. The molecule has 1 amide bonds. The summed E-state index contributed by atoms with van der Waals surface area (Å²) in [6, 6.07) is 16.7. The molecule has 3 aromatic rings. The summed E-state index contributed by atoms with van der Waals surface area (Å²) in [5.41, 5.74) is 2.89. The van der Waals surface area contributed by atoms with Crippen molar-refractivity contribution in [3.05, 3.63) is 71.3 Å². The molecule has 10 heteroatoms. The first-order valence-corrected chi connectivity index (χ1v) is 15.7. The van der Waals surface area contributed by atoms with E-state index in [1.165, 1.54) is 18.2 Å². The number of hydrogen-bond donors (Lipinski definition) is 0. The largest absolute Gasteiger partial charge is 0.351 e. The fourth-order valence-corrected chi connectivity index (χ4v) is 7.85. The van der Waals surface area contributed by atoms with Gasteiger partial charge in [0.2, 0.25) is 10.0 Å². The Morgan fingerprint density at radius 1 is 1.00 bits per heavy atom. The summed E-state index contributed by atoms with van der Waals surface area (Å²) in [4.78, 5) is 20.3. The normalized spacial score (nSPS) is 21.6. The molecule has 2 aromatic carbocycles. The highest BCUT2D eigenvalue weighted by molar-refractivity contribution is 8.18. The number of carbonyl (C=O) groups excluding carboxylic acids is 1. The van der Waals surface area contributed by atoms with Gasteiger partial charge in [-0.3, -0.25) is 4.79 Å². The Kier molecular flexibility index (Phi) is 7.18. The van der Waals surface area contributed by atoms with Gasteiger partial charge >= 0.3 is 0 Å². The molecule has 1 aromatic heterocycles. The fraction of sp³-hybridized carbons (Fsp3) is 0.345. The standard InChI is InChI=1S/C29H31N5O3S2/c1-21-9-8-14-32(19-21)29-30-28(35)26(38-29)18-23-20-34(24-11-3-2-4-12-24)31-27(23)22-10-7-13-25(17-22)39(36,37)33-15-5-6-16-33/h2-4,7,10-13,17-18,20-21H,5-6,8-9,14-16,19H2,1H3/b26-18-. The highest BCUT2D eigenvalue weighted by Crippen LogP contribution is 2.35. The number of piperidine rings is 1. The Hall–Kier alpha value is -3.21. The molecule has 6 rings (SSSR count). The van der Waals surface area contributed by atoms with Crippen LogP contribution in [0.3, 0.4) is 0 Å². The van der Waals surface area contributed by atoms with E-state index in [4.69, 9.17) is 5.10 Å². The Labute approximate surface area is 233 Å². The van der Waals surface area contributed by atoms with E-state index in [1.54, 1.807) is 27.2 Å². The number of carbonyl (C=O) groups is 1. The highest BCUT2D eigenvalue weighted by Gasteiger charge is 2.30. The number of nitrogens with zero attached hydrogens (tertiary/aromatic N) is 5. The average molecular weight is 562 g/mol. The van der Waals surface area contributed by atoms with Gasteiger partial charge in [-0.25, -0.2) is 13.1 Å². The molecule has 8 nitrogen and oxygen atoms in total. The first kappa shape index (κ1) is 26.0. The summed E-state index contributed by atoms with van der Waals surface area (Å²) in [5.74, 6) is 0.321. The number of hydrogen-bond acceptors (Lipinski definition) is 6. The number of benzene rings is 2. The summed E-state index contributed by atoms with van der Waals surface area (Å²) in [6.07, 6.45) is 7.77. The molecule has 0 bridgehead atoms. The van der Waals surface area contributed by atoms with E-state index in [0.29, 0.717) is 35.2 Å². The van der Waals surface area contributed by atoms with E-state index in [1.807, 2.05) is 48.7 Å². The Bertz CT molecular complexity index is 1560. The van der Waals surface area contributed by atoms with Crippen molar-refractivity contribution in [1.82, 2.24) is 19.0 Å². The molecule has 4 heterocycles. The Balaban J connectivity index is 1.37. The van der Waals surface area contributed by atoms with E-state index in [-0.39, 0.29) is 10.8 Å². The maximum Gasteiger partial charge on any atom is 0.286 e. The van der Waals surface area contributed by atoms with Crippen molar-refractivity contribution in [2.75, 3.05) is 26.2 Å². The molecule has 3 aliphatic rings. The molecule has 0 saturated carbocycles. The number of rotatable bonds is 5. The minimum absolute atomic E-state index is 0.253. The molecule has 0 spiro atoms. The Morgan fingerprint density at radius 3 is 2.56 bits per heavy atom. The fourth-order valence-electron chi connectivity index (χ4n) is 5.35. The maximum atomic E-state index is 13.3. The SMILES string of the molecule is CC1CCCN(C2=NC(=O)/C(=C/c3cn(-c4ccccc4)nc3-c3cccc(S(=O)(=O)N4CCCC4)c3)S2)C1. The molecule has 0 N–H and O–H groups in total. The van der Waals surface area contributed by atoms with Gasteiger partial charge in [-0.05, 0) is 73.7 Å². The minimum atomic E-state index is -3.58. The molecule has 2 saturated heterocycles. The van der Waals surface area contributed by atoms with Crippen LogP contribution in [0.5, 0.6) is 0 Å². The number of aromatic nitrogens is 2. The lowest BCUT2D eigenvalue weighted by Crippen LogP contribution is -2.37. The molecule has 202 valence electrons. The molecule has 39 heavy (non-hydrogen) atoms. The van der Waals surface area contributed by atoms with E-state index >= 15 is 0 Å². The van der Waals surface area contributed by atoms with E-state index in [9.17, 15) is 13.2 Å². The van der Waals surface area contributed by atoms with E-state index in [0.717, 1.165) is 48.8 Å². The number of para-hydroxylation sites is 1. The number of aliphatic imine (C=N–C) groups is 1. The molecule has 0 radical (unpaired) electrons. The summed E-state index contributed by atoms with van der Waals surface area (Å²) >= 11 is 1.40. The van der Waals surface area contributed by atoms with Gasteiger partial charge in [-0.1, -0.05) is 37.3 Å². The first-order chi connectivity index (χ1) is 18.9. The third-order valence-corrected chi connectivity index (χ3v) is 10.3. The monoisotopic (exact) mass is 561 g/mol. The first-order valence-electron chi connectivity index (χ1n) is 13.4. The van der Waals surface area contributed by atoms with Gasteiger partial charge in [0, 0.05) is 43.5 Å². The van der Waals surface area contributed by atoms with Crippen LogP contribution >= 0.6 is 11.8 Å². The number of amidine groups is 1. The lowest BCUT2D eigenvalue weighted by atomic mass is 10.0. The van der Waals surface area contributed by atoms with Crippen LogP contribution in [-0.2, 0) is 14.8 Å². The molecule has 1 atom stereocenters. The molecular formula is C29H31N5O3S2. The van der Waals surface area contributed by atoms with Crippen LogP contribution in [0.15, 0.2) is 75.6 Å². The number of sulfonamides is 1. The van der Waals surface area contributed by atoms with Crippen molar-refractivity contribution in [2.24, 2.45) is 10.9 Å². The lowest BCUT2D eigenvalue weighted by molar-refractivity contribution is -0.113. The van der Waals surface area contributed by atoms with Gasteiger partial charge in [0.25, 0.3) is 5.91 Å². The van der Waals surface area contributed by atoms with Crippen molar-refractivity contribution in [2.45, 2.75) is 37.5 Å². The van der Waals surface area contributed by atoms with Crippen molar-refractivity contribution >= 4 is 38.9 Å². The Morgan fingerprint density at radius 2 is 1.79 bits per heavy atom. The smallest absolute Gasteiger partial charge is 0.286 e. The van der Waals surface area contributed by atoms with Gasteiger partial charge in [-0.15, -0.1) is 0 Å². The lowest BCUT2D eigenvalue weighted by Gasteiger charge is -2.31. The molecule has 3 aliphatic heterocycles. The van der Waals surface area contributed by atoms with Crippen molar-refractivity contribution in [1.29, 1.82) is 0 Å². The van der Waals surface area contributed by atoms with Crippen LogP contribution in [0.25, 0.3) is 23.0 Å². The van der Waals surface area contributed by atoms with Crippen molar-refractivity contribution in [3.8, 4) is 16.9 Å². The van der Waals surface area contributed by atoms with Crippen LogP contribution in [0.1, 0.15) is 38.2 Å². The summed E-state index contributed by atoms with van der Waals surface area (Å²) in [6.45, 7) is 5.13. The molecule has 0 aliphatic carbocycles. The molecular weight excluding hydrogens is 530 g/mol. The van der Waals surface area contributed by atoms with Gasteiger partial charge in [0.05, 0.1) is 15.5 Å². The van der Waals surface area contributed by atoms with Gasteiger partial charge in [-0.2, -0.15) is 14.4 Å². The van der Waals surface area contributed by atoms with Crippen LogP contribution in [0, 0.1) is 5.92 Å². The van der Waals surface area contributed by atoms with Crippen molar-refractivity contribution < 1.29 is 13.2 Å². The summed E-state index contributed by atoms with van der Waals surface area (Å²) in [5, 5.41) is 5.61. The van der Waals surface area contributed by atoms with E-state index < -0.39 is 10.0 Å².